The topological polar surface area (TPSA) is 49.8 Å². The molecule has 0 fully saturated rings. The molecule has 0 aromatic carbocycles. The number of hydrogen-bond donors (Lipinski definition) is 2. The molecule has 4 nitrogen and oxygen atoms in total. The van der Waals surface area contributed by atoms with Crippen LogP contribution in [0.1, 0.15) is 29.2 Å². The van der Waals surface area contributed by atoms with Crippen LogP contribution >= 0.6 is 11.3 Å². The molecule has 20 heavy (non-hydrogen) atoms. The molecule has 2 N–H and O–H groups in total. The molecule has 108 valence electrons. The monoisotopic (exact) mass is 290 g/mol. The summed E-state index contributed by atoms with van der Waals surface area (Å²) >= 11 is 1.86. The van der Waals surface area contributed by atoms with Gasteiger partial charge >= 0.3 is 0 Å². The Morgan fingerprint density at radius 3 is 2.60 bits per heavy atom. The summed E-state index contributed by atoms with van der Waals surface area (Å²) in [5, 5.41) is 6.63. The number of nitrogens with one attached hydrogen (secondary N) is 2. The zero-order valence-corrected chi connectivity index (χ0v) is 13.3. The predicted octanol–water partition coefficient (Wildman–Crippen LogP) is 3.49. The Labute approximate surface area is 124 Å². The molecule has 2 heterocycles. The van der Waals surface area contributed by atoms with Gasteiger partial charge in [0.1, 0.15) is 18.0 Å². The van der Waals surface area contributed by atoms with Gasteiger partial charge in [-0.1, -0.05) is 6.92 Å². The number of aromatic nitrogens is 2. The summed E-state index contributed by atoms with van der Waals surface area (Å²) < 4.78 is 0. The molecule has 0 saturated carbocycles. The Kier molecular flexibility index (Phi) is 4.95. The third kappa shape index (κ3) is 3.48. The molecule has 0 aliphatic carbocycles. The molecule has 1 unspecified atom stereocenters. The lowest BCUT2D eigenvalue weighted by atomic mass is 10.1. The molecular weight excluding hydrogens is 268 g/mol. The number of nitrogens with zero attached hydrogens (tertiary/aromatic N) is 2. The highest BCUT2D eigenvalue weighted by Gasteiger charge is 2.12. The van der Waals surface area contributed by atoms with Gasteiger partial charge in [-0.15, -0.1) is 11.3 Å². The smallest absolute Gasteiger partial charge is 0.134 e. The van der Waals surface area contributed by atoms with Crippen LogP contribution in [0.2, 0.25) is 0 Å². The van der Waals surface area contributed by atoms with E-state index < -0.39 is 0 Å². The lowest BCUT2D eigenvalue weighted by Crippen LogP contribution is -2.20. The van der Waals surface area contributed by atoms with Crippen molar-refractivity contribution in [1.29, 1.82) is 0 Å². The summed E-state index contributed by atoms with van der Waals surface area (Å²) in [6.07, 6.45) is 3.53. The van der Waals surface area contributed by atoms with Crippen LogP contribution in [0.25, 0.3) is 0 Å². The van der Waals surface area contributed by atoms with Crippen molar-refractivity contribution in [3.05, 3.63) is 33.8 Å². The van der Waals surface area contributed by atoms with E-state index >= 15 is 0 Å². The van der Waals surface area contributed by atoms with Gasteiger partial charge in [0.2, 0.25) is 0 Å². The molecule has 5 heteroatoms. The van der Waals surface area contributed by atoms with Gasteiger partial charge in [-0.3, -0.25) is 0 Å². The van der Waals surface area contributed by atoms with E-state index in [1.165, 1.54) is 9.75 Å². The minimum Gasteiger partial charge on any atom is -0.373 e. The first kappa shape index (κ1) is 14.8. The molecule has 0 aliphatic heterocycles. The number of rotatable bonds is 6. The van der Waals surface area contributed by atoms with Crippen molar-refractivity contribution in [3.63, 3.8) is 0 Å². The molecule has 2 aromatic heterocycles. The second-order valence-electron chi connectivity index (χ2n) is 4.91. The van der Waals surface area contributed by atoms with Crippen LogP contribution in [0, 0.1) is 6.92 Å². The van der Waals surface area contributed by atoms with Gasteiger partial charge in [0, 0.05) is 34.8 Å². The molecule has 0 bridgehead atoms. The molecule has 0 spiro atoms. The van der Waals surface area contributed by atoms with Crippen LogP contribution < -0.4 is 10.6 Å². The summed E-state index contributed by atoms with van der Waals surface area (Å²) in [7, 11) is 1.89. The third-order valence-corrected chi connectivity index (χ3v) is 4.25. The highest BCUT2D eigenvalue weighted by Crippen LogP contribution is 2.22. The van der Waals surface area contributed by atoms with E-state index in [0.717, 1.165) is 30.0 Å². The van der Waals surface area contributed by atoms with Crippen LogP contribution in [0.15, 0.2) is 18.5 Å². The average Bonchev–Trinajstić information content (AvgIpc) is 2.83. The van der Waals surface area contributed by atoms with Gasteiger partial charge < -0.3 is 10.6 Å². The first-order valence-electron chi connectivity index (χ1n) is 6.97. The Balaban J connectivity index is 2.09. The fourth-order valence-corrected chi connectivity index (χ4v) is 3.29. The molecule has 1 atom stereocenters. The number of hydrogen-bond acceptors (Lipinski definition) is 5. The van der Waals surface area contributed by atoms with Crippen LogP contribution in [0.5, 0.6) is 0 Å². The van der Waals surface area contributed by atoms with Gasteiger partial charge in [0.25, 0.3) is 0 Å². The lowest BCUT2D eigenvalue weighted by molar-refractivity contribution is 0.789. The second kappa shape index (κ2) is 6.70. The number of thiophene rings is 1. The van der Waals surface area contributed by atoms with Crippen molar-refractivity contribution in [2.45, 2.75) is 39.7 Å². The van der Waals surface area contributed by atoms with Crippen molar-refractivity contribution in [2.75, 3.05) is 17.7 Å². The molecule has 0 amide bonds. The SMILES string of the molecule is CCc1c(NC)ncnc1NC(C)Cc1ccc(C)s1. The molecule has 0 aliphatic rings. The minimum atomic E-state index is 0.345. The van der Waals surface area contributed by atoms with E-state index in [-0.39, 0.29) is 0 Å². The quantitative estimate of drug-likeness (QED) is 0.855. The fourth-order valence-electron chi connectivity index (χ4n) is 2.27. The maximum absolute atomic E-state index is 4.39. The van der Waals surface area contributed by atoms with Crippen molar-refractivity contribution in [2.24, 2.45) is 0 Å². The first-order valence-corrected chi connectivity index (χ1v) is 7.79. The van der Waals surface area contributed by atoms with E-state index in [9.17, 15) is 0 Å². The minimum absolute atomic E-state index is 0.345. The fraction of sp³-hybridized carbons (Fsp3) is 0.467. The predicted molar refractivity (Wildman–Crippen MR) is 86.8 cm³/mol. The van der Waals surface area contributed by atoms with Gasteiger partial charge in [0.05, 0.1) is 0 Å². The largest absolute Gasteiger partial charge is 0.373 e. The number of aryl methyl sites for hydroxylation is 1. The maximum Gasteiger partial charge on any atom is 0.134 e. The highest BCUT2D eigenvalue weighted by molar-refractivity contribution is 7.11. The van der Waals surface area contributed by atoms with E-state index in [4.69, 9.17) is 0 Å². The summed E-state index contributed by atoms with van der Waals surface area (Å²) in [6.45, 7) is 6.46. The average molecular weight is 290 g/mol. The zero-order chi connectivity index (χ0) is 14.5. The van der Waals surface area contributed by atoms with Gasteiger partial charge in [-0.05, 0) is 32.4 Å². The summed E-state index contributed by atoms with van der Waals surface area (Å²) in [6, 6.07) is 4.73. The summed E-state index contributed by atoms with van der Waals surface area (Å²) in [5.41, 5.74) is 1.14. The Bertz CT molecular complexity index is 565. The number of anilines is 2. The van der Waals surface area contributed by atoms with Crippen LogP contribution in [0.4, 0.5) is 11.6 Å². The van der Waals surface area contributed by atoms with Crippen molar-refractivity contribution >= 4 is 23.0 Å². The van der Waals surface area contributed by atoms with Gasteiger partial charge in [-0.25, -0.2) is 9.97 Å². The first-order chi connectivity index (χ1) is 9.63. The second-order valence-corrected chi connectivity index (χ2v) is 6.29. The zero-order valence-electron chi connectivity index (χ0n) is 12.5. The molecule has 0 saturated heterocycles. The van der Waals surface area contributed by atoms with E-state index in [1.807, 2.05) is 18.4 Å². The van der Waals surface area contributed by atoms with Crippen molar-refractivity contribution < 1.29 is 0 Å². The summed E-state index contributed by atoms with van der Waals surface area (Å²) in [5.74, 6) is 1.84. The van der Waals surface area contributed by atoms with Gasteiger partial charge in [0.15, 0.2) is 0 Å². The normalized spacial score (nSPS) is 12.2. The molecular formula is C15H22N4S. The van der Waals surface area contributed by atoms with Crippen LogP contribution in [-0.2, 0) is 12.8 Å². The van der Waals surface area contributed by atoms with Crippen LogP contribution in [-0.4, -0.2) is 23.1 Å². The molecule has 2 rings (SSSR count). The van der Waals surface area contributed by atoms with E-state index in [2.05, 4.69) is 53.5 Å². The Hall–Kier alpha value is -1.62. The van der Waals surface area contributed by atoms with Crippen LogP contribution in [0.3, 0.4) is 0 Å². The highest BCUT2D eigenvalue weighted by atomic mass is 32.1. The Morgan fingerprint density at radius 1 is 1.25 bits per heavy atom. The van der Waals surface area contributed by atoms with E-state index in [0.29, 0.717) is 6.04 Å². The van der Waals surface area contributed by atoms with Crippen molar-refractivity contribution in [1.82, 2.24) is 9.97 Å². The summed E-state index contributed by atoms with van der Waals surface area (Å²) in [4.78, 5) is 11.4. The molecule has 0 radical (unpaired) electrons. The standard InChI is InChI=1S/C15H22N4S/c1-5-13-14(16-4)17-9-18-15(13)19-10(2)8-12-7-6-11(3)20-12/h6-7,9-10H,5,8H2,1-4H3,(H2,16,17,18,19). The molecule has 2 aromatic rings. The maximum atomic E-state index is 4.39. The Morgan fingerprint density at radius 2 is 2.00 bits per heavy atom. The van der Waals surface area contributed by atoms with E-state index in [1.54, 1.807) is 6.33 Å². The lowest BCUT2D eigenvalue weighted by Gasteiger charge is -2.17. The van der Waals surface area contributed by atoms with Crippen molar-refractivity contribution in [3.8, 4) is 0 Å². The third-order valence-electron chi connectivity index (χ3n) is 3.22. The van der Waals surface area contributed by atoms with Gasteiger partial charge in [-0.2, -0.15) is 0 Å².